The quantitative estimate of drug-likeness (QED) is 0.639. The smallest absolute Gasteiger partial charge is 0.300 e. The highest BCUT2D eigenvalue weighted by Gasteiger charge is 2.29. The van der Waals surface area contributed by atoms with Crippen LogP contribution in [0.3, 0.4) is 0 Å². The number of nitrogens with zero attached hydrogens (tertiary/aromatic N) is 4. The van der Waals surface area contributed by atoms with Crippen LogP contribution in [0.25, 0.3) is 22.3 Å². The van der Waals surface area contributed by atoms with Crippen LogP contribution in [0, 0.1) is 6.92 Å². The number of carbonyl (C=O) groups is 2. The monoisotopic (exact) mass is 435 g/mol. The summed E-state index contributed by atoms with van der Waals surface area (Å²) in [5.74, 6) is -0.623. The minimum absolute atomic E-state index is 0.210. The number of benzene rings is 1. The molecule has 0 aliphatic carbocycles. The Kier molecular flexibility index (Phi) is 6.23. The fraction of sp³-hybridized carbons (Fsp3) is 0.417. The second kappa shape index (κ2) is 9.08. The molecule has 8 nitrogen and oxygen atoms in total. The van der Waals surface area contributed by atoms with E-state index in [0.29, 0.717) is 6.42 Å². The zero-order valence-corrected chi connectivity index (χ0v) is 18.8. The number of aryl methyl sites for hydroxylation is 2. The maximum absolute atomic E-state index is 12.3. The molecule has 1 aromatic carbocycles. The van der Waals surface area contributed by atoms with Crippen molar-refractivity contribution in [2.75, 3.05) is 11.4 Å². The van der Waals surface area contributed by atoms with Crippen molar-refractivity contribution in [3.8, 4) is 11.4 Å². The predicted octanol–water partition coefficient (Wildman–Crippen LogP) is 3.51. The molecule has 1 unspecified atom stereocenters. The van der Waals surface area contributed by atoms with Crippen molar-refractivity contribution >= 4 is 28.5 Å². The van der Waals surface area contributed by atoms with E-state index >= 15 is 0 Å². The molecule has 2 N–H and O–H groups in total. The van der Waals surface area contributed by atoms with E-state index in [9.17, 15) is 4.79 Å². The lowest BCUT2D eigenvalue weighted by molar-refractivity contribution is -0.134. The largest absolute Gasteiger partial charge is 0.481 e. The first kappa shape index (κ1) is 22.0. The highest BCUT2D eigenvalue weighted by molar-refractivity contribution is 5.98. The molecular weight excluding hydrogens is 406 g/mol. The average molecular weight is 436 g/mol. The third kappa shape index (κ3) is 4.50. The summed E-state index contributed by atoms with van der Waals surface area (Å²) >= 11 is 0. The van der Waals surface area contributed by atoms with Gasteiger partial charge in [-0.1, -0.05) is 0 Å². The lowest BCUT2D eigenvalue weighted by atomic mass is 10.1. The first-order valence-electron chi connectivity index (χ1n) is 11.0. The Morgan fingerprint density at radius 1 is 1.22 bits per heavy atom. The van der Waals surface area contributed by atoms with E-state index in [4.69, 9.17) is 20.0 Å². The Morgan fingerprint density at radius 2 is 2.00 bits per heavy atom. The Morgan fingerprint density at radius 3 is 2.72 bits per heavy atom. The molecule has 168 valence electrons. The maximum Gasteiger partial charge on any atom is 0.300 e. The minimum Gasteiger partial charge on any atom is -0.481 e. The fourth-order valence-electron chi connectivity index (χ4n) is 4.38. The molecule has 8 heteroatoms. The molecule has 3 aromatic rings. The number of nitrogens with one attached hydrogen (secondary N) is 1. The van der Waals surface area contributed by atoms with Crippen molar-refractivity contribution in [2.45, 2.75) is 59.2 Å². The molecular formula is C24H29N5O3. The number of carbonyl (C=O) groups excluding carboxylic acids is 1. The van der Waals surface area contributed by atoms with Gasteiger partial charge in [-0.15, -0.1) is 0 Å². The Bertz CT molecular complexity index is 1140. The van der Waals surface area contributed by atoms with Crippen LogP contribution in [0.1, 0.15) is 44.4 Å². The van der Waals surface area contributed by atoms with Crippen LogP contribution in [0.2, 0.25) is 0 Å². The highest BCUT2D eigenvalue weighted by atomic mass is 16.4. The van der Waals surface area contributed by atoms with Crippen LogP contribution in [0.4, 0.5) is 5.69 Å². The summed E-state index contributed by atoms with van der Waals surface area (Å²) in [4.78, 5) is 28.1. The number of amides is 1. The molecule has 2 aliphatic rings. The summed E-state index contributed by atoms with van der Waals surface area (Å²) in [6, 6.07) is 10.7. The summed E-state index contributed by atoms with van der Waals surface area (Å²) in [7, 11) is 0. The fourth-order valence-corrected chi connectivity index (χ4v) is 4.38. The molecule has 1 amide bonds. The third-order valence-corrected chi connectivity index (χ3v) is 5.92. The number of aromatic nitrogens is 3. The number of rotatable bonds is 2. The number of fused-ring (bicyclic) bond motifs is 2. The van der Waals surface area contributed by atoms with Crippen LogP contribution in [-0.4, -0.2) is 44.3 Å². The first-order chi connectivity index (χ1) is 15.3. The van der Waals surface area contributed by atoms with Gasteiger partial charge in [0.2, 0.25) is 5.91 Å². The van der Waals surface area contributed by atoms with Crippen LogP contribution in [0.15, 0.2) is 30.3 Å². The van der Waals surface area contributed by atoms with Gasteiger partial charge < -0.3 is 15.3 Å². The summed E-state index contributed by atoms with van der Waals surface area (Å²) in [5, 5.41) is 16.7. The second-order valence-corrected chi connectivity index (χ2v) is 8.47. The van der Waals surface area contributed by atoms with E-state index in [0.717, 1.165) is 72.9 Å². The molecule has 1 saturated heterocycles. The molecule has 0 spiro atoms. The van der Waals surface area contributed by atoms with Gasteiger partial charge in [-0.05, 0) is 69.1 Å². The minimum atomic E-state index is -0.833. The molecule has 4 heterocycles. The second-order valence-electron chi connectivity index (χ2n) is 8.47. The van der Waals surface area contributed by atoms with E-state index in [1.807, 2.05) is 17.0 Å². The number of carboxylic acids is 1. The van der Waals surface area contributed by atoms with E-state index in [1.54, 1.807) is 0 Å². The van der Waals surface area contributed by atoms with Gasteiger partial charge in [-0.25, -0.2) is 4.98 Å². The van der Waals surface area contributed by atoms with Crippen molar-refractivity contribution in [2.24, 2.45) is 0 Å². The summed E-state index contributed by atoms with van der Waals surface area (Å²) in [6.07, 6.45) is 2.65. The van der Waals surface area contributed by atoms with Gasteiger partial charge in [0.15, 0.2) is 0 Å². The lowest BCUT2D eigenvalue weighted by Crippen LogP contribution is -2.30. The molecule has 2 aliphatic heterocycles. The number of pyridine rings is 1. The van der Waals surface area contributed by atoms with Gasteiger partial charge in [-0.3, -0.25) is 14.3 Å². The van der Waals surface area contributed by atoms with E-state index in [1.165, 1.54) is 5.69 Å². The predicted molar refractivity (Wildman–Crippen MR) is 124 cm³/mol. The molecule has 0 bridgehead atoms. The van der Waals surface area contributed by atoms with Gasteiger partial charge in [0.1, 0.15) is 5.69 Å². The number of hydrogen-bond donors (Lipinski definition) is 2. The average Bonchev–Trinajstić information content (AvgIpc) is 3.22. The zero-order chi connectivity index (χ0) is 22.8. The SMILES string of the molecule is CC(=O)O.Cc1cc(-c2cc3n(n2)CCCNC3)nc2ccc(N3C(=O)CCC3C)cc12. The van der Waals surface area contributed by atoms with Gasteiger partial charge >= 0.3 is 0 Å². The maximum atomic E-state index is 12.3. The molecule has 0 saturated carbocycles. The van der Waals surface area contributed by atoms with Crippen molar-refractivity contribution in [3.63, 3.8) is 0 Å². The number of anilines is 1. The Balaban J connectivity index is 0.000000567. The highest BCUT2D eigenvalue weighted by Crippen LogP contribution is 2.31. The van der Waals surface area contributed by atoms with Gasteiger partial charge in [-0.2, -0.15) is 5.10 Å². The first-order valence-corrected chi connectivity index (χ1v) is 11.0. The normalized spacial score (nSPS) is 18.2. The number of aliphatic carboxylic acids is 1. The van der Waals surface area contributed by atoms with Crippen molar-refractivity contribution in [1.29, 1.82) is 0 Å². The standard InChI is InChI=1S/C22H25N5O.C2H4O2/c1-14-10-20(21-12-17-13-23-8-3-9-26(17)25-21)24-19-6-5-16(11-18(14)19)27-15(2)4-7-22(27)28;1-2(3)4/h5-6,10-12,15,23H,3-4,7-9,13H2,1-2H3;1H3,(H,3,4). The zero-order valence-electron chi connectivity index (χ0n) is 18.8. The van der Waals surface area contributed by atoms with Crippen LogP contribution >= 0.6 is 0 Å². The van der Waals surface area contributed by atoms with Crippen molar-refractivity contribution < 1.29 is 14.7 Å². The topological polar surface area (TPSA) is 100 Å². The molecule has 32 heavy (non-hydrogen) atoms. The van der Waals surface area contributed by atoms with Crippen molar-refractivity contribution in [3.05, 3.63) is 41.6 Å². The summed E-state index contributed by atoms with van der Waals surface area (Å²) in [6.45, 7) is 8.13. The molecule has 0 radical (unpaired) electrons. The molecule has 1 fully saturated rings. The summed E-state index contributed by atoms with van der Waals surface area (Å²) in [5.41, 5.74) is 6.12. The van der Waals surface area contributed by atoms with Crippen LogP contribution in [-0.2, 0) is 22.7 Å². The van der Waals surface area contributed by atoms with Gasteiger partial charge in [0.05, 0.1) is 16.9 Å². The van der Waals surface area contributed by atoms with Crippen LogP contribution < -0.4 is 10.2 Å². The number of hydrogen-bond acceptors (Lipinski definition) is 5. The van der Waals surface area contributed by atoms with Crippen molar-refractivity contribution in [1.82, 2.24) is 20.1 Å². The Hall–Kier alpha value is -3.26. The van der Waals surface area contributed by atoms with Gasteiger partial charge in [0, 0.05) is 43.5 Å². The molecule has 1 atom stereocenters. The van der Waals surface area contributed by atoms with Crippen LogP contribution in [0.5, 0.6) is 0 Å². The number of carboxylic acid groups (broad SMARTS) is 1. The lowest BCUT2D eigenvalue weighted by Gasteiger charge is -2.22. The summed E-state index contributed by atoms with van der Waals surface area (Å²) < 4.78 is 2.10. The van der Waals surface area contributed by atoms with E-state index in [-0.39, 0.29) is 11.9 Å². The van der Waals surface area contributed by atoms with Gasteiger partial charge in [0.25, 0.3) is 5.97 Å². The Labute approximate surface area is 187 Å². The van der Waals surface area contributed by atoms with E-state index < -0.39 is 5.97 Å². The molecule has 5 rings (SSSR count). The van der Waals surface area contributed by atoms with E-state index in [2.05, 4.69) is 42.0 Å². The third-order valence-electron chi connectivity index (χ3n) is 5.92. The molecule has 2 aromatic heterocycles.